The Morgan fingerprint density at radius 2 is 2.06 bits per heavy atom. The SMILES string of the molecule is CC(C)N(CCOc1ccccc1Cl)C1CC1. The van der Waals surface area contributed by atoms with E-state index in [2.05, 4.69) is 18.7 Å². The molecule has 0 saturated heterocycles. The monoisotopic (exact) mass is 253 g/mol. The number of halogens is 1. The Morgan fingerprint density at radius 3 is 2.65 bits per heavy atom. The fraction of sp³-hybridized carbons (Fsp3) is 0.571. The molecule has 0 amide bonds. The maximum Gasteiger partial charge on any atom is 0.137 e. The third-order valence-electron chi connectivity index (χ3n) is 3.12. The van der Waals surface area contributed by atoms with Crippen molar-refractivity contribution in [1.29, 1.82) is 0 Å². The highest BCUT2D eigenvalue weighted by Gasteiger charge is 2.30. The van der Waals surface area contributed by atoms with Gasteiger partial charge in [-0.1, -0.05) is 23.7 Å². The standard InChI is InChI=1S/C14H20ClNO/c1-11(2)16(12-7-8-12)9-10-17-14-6-4-3-5-13(14)15/h3-6,11-12H,7-10H2,1-2H3. The lowest BCUT2D eigenvalue weighted by Gasteiger charge is -2.26. The Balaban J connectivity index is 1.80. The van der Waals surface area contributed by atoms with Gasteiger partial charge in [-0.25, -0.2) is 0 Å². The first-order chi connectivity index (χ1) is 8.18. The van der Waals surface area contributed by atoms with Gasteiger partial charge in [0.1, 0.15) is 12.4 Å². The molecule has 3 heteroatoms. The number of ether oxygens (including phenoxy) is 1. The Kier molecular flexibility index (Phi) is 4.30. The molecule has 1 aliphatic carbocycles. The van der Waals surface area contributed by atoms with Crippen LogP contribution in [0.4, 0.5) is 0 Å². The molecule has 0 aromatic heterocycles. The highest BCUT2D eigenvalue weighted by atomic mass is 35.5. The summed E-state index contributed by atoms with van der Waals surface area (Å²) in [5, 5.41) is 0.690. The van der Waals surface area contributed by atoms with Crippen molar-refractivity contribution in [2.45, 2.75) is 38.8 Å². The van der Waals surface area contributed by atoms with Crippen LogP contribution in [0, 0.1) is 0 Å². The van der Waals surface area contributed by atoms with Crippen molar-refractivity contribution in [1.82, 2.24) is 4.90 Å². The van der Waals surface area contributed by atoms with Crippen molar-refractivity contribution >= 4 is 11.6 Å². The Bertz CT molecular complexity index is 361. The fourth-order valence-electron chi connectivity index (χ4n) is 2.09. The van der Waals surface area contributed by atoms with Crippen molar-refractivity contribution in [2.75, 3.05) is 13.2 Å². The van der Waals surface area contributed by atoms with E-state index in [0.29, 0.717) is 17.7 Å². The van der Waals surface area contributed by atoms with Crippen molar-refractivity contribution in [3.05, 3.63) is 29.3 Å². The first-order valence-electron chi connectivity index (χ1n) is 6.31. The summed E-state index contributed by atoms with van der Waals surface area (Å²) in [4.78, 5) is 2.51. The van der Waals surface area contributed by atoms with Gasteiger partial charge in [0, 0.05) is 18.6 Å². The summed E-state index contributed by atoms with van der Waals surface area (Å²) in [5.74, 6) is 0.786. The van der Waals surface area contributed by atoms with Crippen LogP contribution in [0.5, 0.6) is 5.75 Å². The Morgan fingerprint density at radius 1 is 1.35 bits per heavy atom. The maximum atomic E-state index is 6.04. The van der Waals surface area contributed by atoms with Crippen LogP contribution in [0.25, 0.3) is 0 Å². The summed E-state index contributed by atoms with van der Waals surface area (Å²) in [6, 6.07) is 9.02. The van der Waals surface area contributed by atoms with Gasteiger partial charge in [0.05, 0.1) is 5.02 Å². The second-order valence-electron chi connectivity index (χ2n) is 4.84. The molecule has 1 fully saturated rings. The molecular formula is C14H20ClNO. The third-order valence-corrected chi connectivity index (χ3v) is 3.44. The highest BCUT2D eigenvalue weighted by Crippen LogP contribution is 2.28. The number of hydrogen-bond donors (Lipinski definition) is 0. The molecule has 1 aromatic carbocycles. The minimum atomic E-state index is 0.595. The van der Waals surface area contributed by atoms with Gasteiger partial charge >= 0.3 is 0 Å². The van der Waals surface area contributed by atoms with Crippen LogP contribution in [0.15, 0.2) is 24.3 Å². The lowest BCUT2D eigenvalue weighted by atomic mass is 10.3. The maximum absolute atomic E-state index is 6.04. The molecule has 0 N–H and O–H groups in total. The van der Waals surface area contributed by atoms with Crippen molar-refractivity contribution in [3.63, 3.8) is 0 Å². The average Bonchev–Trinajstić information content (AvgIpc) is 3.10. The van der Waals surface area contributed by atoms with Crippen LogP contribution >= 0.6 is 11.6 Å². The first kappa shape index (κ1) is 12.7. The van der Waals surface area contributed by atoms with Gasteiger partial charge < -0.3 is 4.74 Å². The number of rotatable bonds is 6. The molecule has 1 aliphatic rings. The van der Waals surface area contributed by atoms with Crippen LogP contribution in [-0.4, -0.2) is 30.1 Å². The molecule has 2 nitrogen and oxygen atoms in total. The number of benzene rings is 1. The summed E-state index contributed by atoms with van der Waals surface area (Å²) in [7, 11) is 0. The summed E-state index contributed by atoms with van der Waals surface area (Å²) >= 11 is 6.04. The zero-order valence-electron chi connectivity index (χ0n) is 10.5. The molecule has 0 heterocycles. The zero-order valence-corrected chi connectivity index (χ0v) is 11.3. The quantitative estimate of drug-likeness (QED) is 0.768. The Labute approximate surface area is 109 Å². The van der Waals surface area contributed by atoms with Crippen LogP contribution in [0.2, 0.25) is 5.02 Å². The first-order valence-corrected chi connectivity index (χ1v) is 6.69. The van der Waals surface area contributed by atoms with Crippen LogP contribution in [0.1, 0.15) is 26.7 Å². The smallest absolute Gasteiger partial charge is 0.137 e. The second kappa shape index (κ2) is 5.74. The van der Waals surface area contributed by atoms with Crippen molar-refractivity contribution < 1.29 is 4.74 Å². The van der Waals surface area contributed by atoms with E-state index in [1.807, 2.05) is 24.3 Å². The molecule has 0 bridgehead atoms. The van der Waals surface area contributed by atoms with E-state index in [1.54, 1.807) is 0 Å². The topological polar surface area (TPSA) is 12.5 Å². The van der Waals surface area contributed by atoms with E-state index in [1.165, 1.54) is 12.8 Å². The van der Waals surface area contributed by atoms with E-state index in [0.717, 1.165) is 18.3 Å². The van der Waals surface area contributed by atoms with Crippen molar-refractivity contribution in [3.8, 4) is 5.75 Å². The van der Waals surface area contributed by atoms with Crippen LogP contribution in [-0.2, 0) is 0 Å². The van der Waals surface area contributed by atoms with Gasteiger partial charge in [-0.2, -0.15) is 0 Å². The van der Waals surface area contributed by atoms with E-state index in [9.17, 15) is 0 Å². The average molecular weight is 254 g/mol. The zero-order chi connectivity index (χ0) is 12.3. The fourth-order valence-corrected chi connectivity index (χ4v) is 2.28. The van der Waals surface area contributed by atoms with Gasteiger partial charge in [0.15, 0.2) is 0 Å². The lowest BCUT2D eigenvalue weighted by Crippen LogP contribution is -2.36. The minimum absolute atomic E-state index is 0.595. The second-order valence-corrected chi connectivity index (χ2v) is 5.25. The molecular weight excluding hydrogens is 234 g/mol. The Hall–Kier alpha value is -0.730. The van der Waals surface area contributed by atoms with Gasteiger partial charge in [-0.05, 0) is 38.8 Å². The largest absolute Gasteiger partial charge is 0.491 e. The molecule has 0 spiro atoms. The summed E-state index contributed by atoms with van der Waals surface area (Å²) in [5.41, 5.74) is 0. The van der Waals surface area contributed by atoms with Gasteiger partial charge in [0.2, 0.25) is 0 Å². The minimum Gasteiger partial charge on any atom is -0.491 e. The van der Waals surface area contributed by atoms with Gasteiger partial charge in [-0.3, -0.25) is 4.90 Å². The number of para-hydroxylation sites is 1. The molecule has 94 valence electrons. The molecule has 1 saturated carbocycles. The van der Waals surface area contributed by atoms with Crippen LogP contribution < -0.4 is 4.74 Å². The van der Waals surface area contributed by atoms with Gasteiger partial charge in [-0.15, -0.1) is 0 Å². The normalized spacial score (nSPS) is 15.6. The van der Waals surface area contributed by atoms with Gasteiger partial charge in [0.25, 0.3) is 0 Å². The summed E-state index contributed by atoms with van der Waals surface area (Å²) < 4.78 is 5.72. The van der Waals surface area contributed by atoms with E-state index < -0.39 is 0 Å². The molecule has 2 rings (SSSR count). The number of hydrogen-bond acceptors (Lipinski definition) is 2. The molecule has 17 heavy (non-hydrogen) atoms. The van der Waals surface area contributed by atoms with Crippen LogP contribution in [0.3, 0.4) is 0 Å². The van der Waals surface area contributed by atoms with E-state index >= 15 is 0 Å². The van der Waals surface area contributed by atoms with E-state index in [-0.39, 0.29) is 0 Å². The highest BCUT2D eigenvalue weighted by molar-refractivity contribution is 6.32. The lowest BCUT2D eigenvalue weighted by molar-refractivity contribution is 0.168. The summed E-state index contributed by atoms with van der Waals surface area (Å²) in [6.45, 7) is 6.17. The predicted octanol–water partition coefficient (Wildman–Crippen LogP) is 3.59. The molecule has 0 unspecified atom stereocenters. The molecule has 1 aromatic rings. The van der Waals surface area contributed by atoms with Crippen molar-refractivity contribution in [2.24, 2.45) is 0 Å². The summed E-state index contributed by atoms with van der Waals surface area (Å²) in [6.07, 6.45) is 2.68. The third kappa shape index (κ3) is 3.62. The molecule has 0 aliphatic heterocycles. The molecule has 0 radical (unpaired) electrons. The van der Waals surface area contributed by atoms with E-state index in [4.69, 9.17) is 16.3 Å². The number of nitrogens with zero attached hydrogens (tertiary/aromatic N) is 1. The predicted molar refractivity (Wildman–Crippen MR) is 71.8 cm³/mol. The molecule has 0 atom stereocenters.